The summed E-state index contributed by atoms with van der Waals surface area (Å²) in [5.41, 5.74) is 15.5. The van der Waals surface area contributed by atoms with Gasteiger partial charge in [-0.2, -0.15) is 18.3 Å². The minimum absolute atomic E-state index is 0.0837. The number of hydrogen-bond acceptors (Lipinski definition) is 6. The van der Waals surface area contributed by atoms with Crippen molar-refractivity contribution >= 4 is 11.8 Å². The zero-order chi connectivity index (χ0) is 23.5. The van der Waals surface area contributed by atoms with E-state index in [2.05, 4.69) is 41.4 Å². The van der Waals surface area contributed by atoms with Gasteiger partial charge in [0.25, 0.3) is 0 Å². The molecule has 2 unspecified atom stereocenters. The molecule has 1 aromatic heterocycles. The number of aliphatic hydroxyl groups excluding tert-OH is 1. The molecule has 32 heavy (non-hydrogen) atoms. The number of nitrogens with two attached hydrogens (primary N) is 1. The van der Waals surface area contributed by atoms with E-state index < -0.39 is 24.2 Å². The van der Waals surface area contributed by atoms with Gasteiger partial charge in [0.1, 0.15) is 5.54 Å². The summed E-state index contributed by atoms with van der Waals surface area (Å²) in [7, 11) is 0. The van der Waals surface area contributed by atoms with Crippen LogP contribution in [-0.2, 0) is 6.54 Å². The van der Waals surface area contributed by atoms with Gasteiger partial charge in [0.15, 0.2) is 6.10 Å². The molecule has 0 aliphatic carbocycles. The lowest BCUT2D eigenvalue weighted by Crippen LogP contribution is -2.51. The fourth-order valence-electron chi connectivity index (χ4n) is 3.32. The van der Waals surface area contributed by atoms with Crippen molar-refractivity contribution in [3.05, 3.63) is 72.0 Å². The Morgan fingerprint density at radius 2 is 2.12 bits per heavy atom. The molecule has 7 nitrogen and oxygen atoms in total. The molecule has 0 spiro atoms. The lowest BCUT2D eigenvalue weighted by atomic mass is 9.84. The molecule has 0 fully saturated rings. The summed E-state index contributed by atoms with van der Waals surface area (Å²) in [6.45, 7) is 7.79. The number of alkyl halides is 3. The van der Waals surface area contributed by atoms with Crippen molar-refractivity contribution in [3.8, 4) is 0 Å². The predicted molar refractivity (Wildman–Crippen MR) is 118 cm³/mol. The number of rotatable bonds is 7. The summed E-state index contributed by atoms with van der Waals surface area (Å²) >= 11 is 0. The molecule has 10 heteroatoms. The van der Waals surface area contributed by atoms with Gasteiger partial charge >= 0.3 is 6.18 Å². The Morgan fingerprint density at radius 1 is 1.38 bits per heavy atom. The average molecular weight is 448 g/mol. The highest BCUT2D eigenvalue weighted by Crippen LogP contribution is 2.33. The van der Waals surface area contributed by atoms with Gasteiger partial charge < -0.3 is 21.7 Å². The molecule has 2 aliphatic heterocycles. The first-order valence-electron chi connectivity index (χ1n) is 10.1. The van der Waals surface area contributed by atoms with E-state index in [1.165, 1.54) is 10.9 Å². The number of allylic oxidation sites excluding steroid dienone is 5. The zero-order valence-corrected chi connectivity index (χ0v) is 17.9. The van der Waals surface area contributed by atoms with Gasteiger partial charge in [-0.05, 0) is 29.7 Å². The van der Waals surface area contributed by atoms with Gasteiger partial charge in [-0.1, -0.05) is 26.5 Å². The maximum atomic E-state index is 12.5. The van der Waals surface area contributed by atoms with Crippen LogP contribution in [0.4, 0.5) is 13.2 Å². The number of aliphatic imine (C=N–C) groups is 1. The number of aryl methyl sites for hydroxylation is 1. The Bertz CT molecular complexity index is 1020. The molecule has 172 valence electrons. The lowest BCUT2D eigenvalue weighted by molar-refractivity contribution is -0.206. The second-order valence-corrected chi connectivity index (χ2v) is 7.98. The Kier molecular flexibility index (Phi) is 6.75. The quantitative estimate of drug-likeness (QED) is 0.514. The number of aromatic nitrogens is 2. The van der Waals surface area contributed by atoms with Crippen molar-refractivity contribution in [2.45, 2.75) is 44.6 Å². The van der Waals surface area contributed by atoms with E-state index in [4.69, 9.17) is 5.73 Å². The molecule has 2 atom stereocenters. The molecule has 3 rings (SSSR count). The largest absolute Gasteiger partial charge is 0.414 e. The second-order valence-electron chi connectivity index (χ2n) is 7.98. The number of halogens is 3. The first-order valence-corrected chi connectivity index (χ1v) is 10.1. The summed E-state index contributed by atoms with van der Waals surface area (Å²) in [5, 5.41) is 13.3. The molecule has 0 bridgehead atoms. The van der Waals surface area contributed by atoms with Crippen LogP contribution in [0.25, 0.3) is 5.57 Å². The maximum Gasteiger partial charge on any atom is 0.414 e. The molecule has 2 aliphatic rings. The number of dihydropyridines is 1. The summed E-state index contributed by atoms with van der Waals surface area (Å²) in [6, 6.07) is 0. The minimum Gasteiger partial charge on any atom is -0.384 e. The number of nitrogens with one attached hydrogen (secondary N) is 2. The fraction of sp³-hybridized carbons (Fsp3) is 0.364. The van der Waals surface area contributed by atoms with Crippen molar-refractivity contribution in [1.29, 1.82) is 0 Å². The smallest absolute Gasteiger partial charge is 0.384 e. The Morgan fingerprint density at radius 3 is 2.78 bits per heavy atom. The zero-order valence-electron chi connectivity index (χ0n) is 17.9. The molecule has 0 saturated heterocycles. The number of aliphatic hydroxyl groups is 1. The highest BCUT2D eigenvalue weighted by atomic mass is 19.4. The van der Waals surface area contributed by atoms with E-state index in [-0.39, 0.29) is 12.5 Å². The summed E-state index contributed by atoms with van der Waals surface area (Å²) < 4.78 is 39.0. The molecule has 0 aromatic carbocycles. The van der Waals surface area contributed by atoms with Gasteiger partial charge in [0.2, 0.25) is 0 Å². The molecule has 0 radical (unpaired) electrons. The maximum absolute atomic E-state index is 12.5. The van der Waals surface area contributed by atoms with Crippen LogP contribution in [0.5, 0.6) is 0 Å². The van der Waals surface area contributed by atoms with E-state index >= 15 is 0 Å². The van der Waals surface area contributed by atoms with E-state index in [1.54, 1.807) is 24.6 Å². The van der Waals surface area contributed by atoms with Gasteiger partial charge in [-0.15, -0.1) is 0 Å². The third-order valence-corrected chi connectivity index (χ3v) is 5.27. The summed E-state index contributed by atoms with van der Waals surface area (Å²) in [6.07, 6.45) is 6.21. The highest BCUT2D eigenvalue weighted by Gasteiger charge is 2.38. The van der Waals surface area contributed by atoms with Crippen molar-refractivity contribution in [1.82, 2.24) is 20.6 Å². The van der Waals surface area contributed by atoms with Crippen LogP contribution < -0.4 is 16.6 Å². The molecule has 5 N–H and O–H groups in total. The van der Waals surface area contributed by atoms with Crippen LogP contribution >= 0.6 is 0 Å². The molecule has 3 heterocycles. The number of hydrazine groups is 1. The van der Waals surface area contributed by atoms with Crippen LogP contribution in [0, 0.1) is 5.92 Å². The van der Waals surface area contributed by atoms with Gasteiger partial charge in [-0.25, -0.2) is 0 Å². The van der Waals surface area contributed by atoms with Crippen molar-refractivity contribution in [2.24, 2.45) is 16.6 Å². The van der Waals surface area contributed by atoms with Crippen molar-refractivity contribution in [2.75, 3.05) is 0 Å². The van der Waals surface area contributed by atoms with E-state index in [0.717, 1.165) is 5.57 Å². The Balaban J connectivity index is 1.89. The SMILES string of the molecule is C=C/C=C1/N=CC(c2cnn(CCC(O)C(F)(F)F)c2)=CC1(N)C1=CC(C(C)C)=CNN1. The van der Waals surface area contributed by atoms with Crippen molar-refractivity contribution < 1.29 is 18.3 Å². The second kappa shape index (κ2) is 9.17. The third-order valence-electron chi connectivity index (χ3n) is 5.27. The minimum atomic E-state index is -4.65. The third kappa shape index (κ3) is 5.03. The van der Waals surface area contributed by atoms with E-state index in [0.29, 0.717) is 22.5 Å². The summed E-state index contributed by atoms with van der Waals surface area (Å²) in [4.78, 5) is 4.51. The van der Waals surface area contributed by atoms with Crippen molar-refractivity contribution in [3.63, 3.8) is 0 Å². The van der Waals surface area contributed by atoms with Crippen LogP contribution in [0.15, 0.2) is 71.4 Å². The van der Waals surface area contributed by atoms with Gasteiger partial charge in [0.05, 0.1) is 17.6 Å². The lowest BCUT2D eigenvalue weighted by Gasteiger charge is -2.35. The number of hydrogen-bond donors (Lipinski definition) is 4. The highest BCUT2D eigenvalue weighted by molar-refractivity contribution is 6.11. The van der Waals surface area contributed by atoms with Crippen LogP contribution in [-0.4, -0.2) is 38.9 Å². The first kappa shape index (κ1) is 23.6. The van der Waals surface area contributed by atoms with Crippen LogP contribution in [0.1, 0.15) is 25.8 Å². The Hall–Kier alpha value is -3.11. The molecule has 0 amide bonds. The standard InChI is InChI=1S/C22H27F3N6O/c1-4-5-18-21(26,19-8-15(14(2)3)11-28-30-19)9-16(10-27-18)17-12-29-31(13-17)7-6-20(32)22(23,24)25/h4-5,8-14,20,28,30,32H,1,6-7,26H2,2-3H3/b18-5+. The molecule has 0 saturated carbocycles. The first-order chi connectivity index (χ1) is 15.0. The summed E-state index contributed by atoms with van der Waals surface area (Å²) in [5.74, 6) is 0.274. The monoisotopic (exact) mass is 448 g/mol. The predicted octanol–water partition coefficient (Wildman–Crippen LogP) is 2.96. The van der Waals surface area contributed by atoms with E-state index in [9.17, 15) is 18.3 Å². The van der Waals surface area contributed by atoms with Crippen LogP contribution in [0.2, 0.25) is 0 Å². The molecular weight excluding hydrogens is 421 g/mol. The normalized spacial score (nSPS) is 23.2. The topological polar surface area (TPSA) is 100 Å². The van der Waals surface area contributed by atoms with Gasteiger partial charge in [-0.3, -0.25) is 9.67 Å². The molecule has 1 aromatic rings. The van der Waals surface area contributed by atoms with E-state index in [1.807, 2.05) is 18.4 Å². The molecular formula is C22H27F3N6O. The Labute approximate surface area is 184 Å². The average Bonchev–Trinajstić information content (AvgIpc) is 3.22. The number of nitrogens with zero attached hydrogens (tertiary/aromatic N) is 3. The van der Waals surface area contributed by atoms with Gasteiger partial charge in [0, 0.05) is 42.7 Å². The van der Waals surface area contributed by atoms with Crippen LogP contribution in [0.3, 0.4) is 0 Å². The fourth-order valence-corrected chi connectivity index (χ4v) is 3.32.